The van der Waals surface area contributed by atoms with Crippen LogP contribution in [0.2, 0.25) is 0 Å². The smallest absolute Gasteiger partial charge is 0.261 e. The molecule has 0 saturated heterocycles. The van der Waals surface area contributed by atoms with Crippen molar-refractivity contribution in [1.29, 1.82) is 0 Å². The zero-order valence-corrected chi connectivity index (χ0v) is 11.0. The van der Waals surface area contributed by atoms with Crippen LogP contribution in [0.15, 0.2) is 47.6 Å². The first-order valence-corrected chi connectivity index (χ1v) is 6.87. The highest BCUT2D eigenvalue weighted by molar-refractivity contribution is 7.92. The number of nitrogens with one attached hydrogen (secondary N) is 1. The zero-order chi connectivity index (χ0) is 13.9. The molecule has 0 aliphatic rings. The molecule has 0 unspecified atom stereocenters. The molecule has 0 amide bonds. The lowest BCUT2D eigenvalue weighted by molar-refractivity contribution is 0.416. The molecule has 1 aromatic carbocycles. The van der Waals surface area contributed by atoms with Crippen molar-refractivity contribution in [1.82, 2.24) is 4.98 Å². The SMILES string of the molecule is COc1ccc(S(=O)(=O)Nc2ccncc2)cc1N. The van der Waals surface area contributed by atoms with Gasteiger partial charge in [0.2, 0.25) is 0 Å². The fourth-order valence-corrected chi connectivity index (χ4v) is 2.61. The van der Waals surface area contributed by atoms with Gasteiger partial charge in [-0.15, -0.1) is 0 Å². The number of sulfonamides is 1. The highest BCUT2D eigenvalue weighted by atomic mass is 32.2. The molecule has 0 fully saturated rings. The number of nitrogens with zero attached hydrogens (tertiary/aromatic N) is 1. The summed E-state index contributed by atoms with van der Waals surface area (Å²) in [6.45, 7) is 0. The first-order valence-electron chi connectivity index (χ1n) is 5.39. The summed E-state index contributed by atoms with van der Waals surface area (Å²) in [5.41, 5.74) is 6.39. The molecule has 19 heavy (non-hydrogen) atoms. The van der Waals surface area contributed by atoms with E-state index in [2.05, 4.69) is 9.71 Å². The van der Waals surface area contributed by atoms with Crippen LogP contribution in [-0.2, 0) is 10.0 Å². The van der Waals surface area contributed by atoms with Gasteiger partial charge in [0.25, 0.3) is 10.0 Å². The van der Waals surface area contributed by atoms with Crippen molar-refractivity contribution in [3.05, 3.63) is 42.7 Å². The minimum Gasteiger partial charge on any atom is -0.495 e. The van der Waals surface area contributed by atoms with Crippen LogP contribution in [0.3, 0.4) is 0 Å². The largest absolute Gasteiger partial charge is 0.495 e. The Bertz CT molecular complexity index is 672. The Kier molecular flexibility index (Phi) is 3.57. The highest BCUT2D eigenvalue weighted by Gasteiger charge is 2.15. The Balaban J connectivity index is 2.32. The highest BCUT2D eigenvalue weighted by Crippen LogP contribution is 2.25. The lowest BCUT2D eigenvalue weighted by Crippen LogP contribution is -2.13. The van der Waals surface area contributed by atoms with Crippen molar-refractivity contribution in [2.24, 2.45) is 0 Å². The predicted octanol–water partition coefficient (Wildman–Crippen LogP) is 1.47. The number of hydrogen-bond acceptors (Lipinski definition) is 5. The van der Waals surface area contributed by atoms with Gasteiger partial charge in [0, 0.05) is 12.4 Å². The maximum Gasteiger partial charge on any atom is 0.261 e. The average molecular weight is 279 g/mol. The monoisotopic (exact) mass is 279 g/mol. The van der Waals surface area contributed by atoms with Crippen molar-refractivity contribution in [2.45, 2.75) is 4.90 Å². The van der Waals surface area contributed by atoms with E-state index in [0.717, 1.165) is 0 Å². The van der Waals surface area contributed by atoms with Crippen molar-refractivity contribution in [3.63, 3.8) is 0 Å². The molecule has 6 nitrogen and oxygen atoms in total. The second-order valence-electron chi connectivity index (χ2n) is 3.75. The van der Waals surface area contributed by atoms with Crippen LogP contribution in [0.25, 0.3) is 0 Å². The van der Waals surface area contributed by atoms with Crippen molar-refractivity contribution >= 4 is 21.4 Å². The summed E-state index contributed by atoms with van der Waals surface area (Å²) in [7, 11) is -2.21. The lowest BCUT2D eigenvalue weighted by atomic mass is 10.3. The van der Waals surface area contributed by atoms with Crippen molar-refractivity contribution in [3.8, 4) is 5.75 Å². The first-order chi connectivity index (χ1) is 9.03. The molecule has 1 aromatic heterocycles. The molecule has 0 spiro atoms. The summed E-state index contributed by atoms with van der Waals surface area (Å²) in [6.07, 6.45) is 3.00. The number of rotatable bonds is 4. The Morgan fingerprint density at radius 1 is 1.21 bits per heavy atom. The molecule has 2 rings (SSSR count). The fourth-order valence-electron chi connectivity index (χ4n) is 1.51. The van der Waals surface area contributed by atoms with E-state index in [1.807, 2.05) is 0 Å². The Morgan fingerprint density at radius 2 is 1.89 bits per heavy atom. The molecule has 0 bridgehead atoms. The third kappa shape index (κ3) is 2.94. The van der Waals surface area contributed by atoms with E-state index in [9.17, 15) is 8.42 Å². The quantitative estimate of drug-likeness (QED) is 0.826. The van der Waals surface area contributed by atoms with Gasteiger partial charge >= 0.3 is 0 Å². The van der Waals surface area contributed by atoms with Gasteiger partial charge in [0.05, 0.1) is 23.4 Å². The Morgan fingerprint density at radius 3 is 2.47 bits per heavy atom. The lowest BCUT2D eigenvalue weighted by Gasteiger charge is -2.10. The number of pyridine rings is 1. The van der Waals surface area contributed by atoms with E-state index in [0.29, 0.717) is 11.4 Å². The van der Waals surface area contributed by atoms with E-state index in [1.165, 1.54) is 37.7 Å². The third-order valence-corrected chi connectivity index (χ3v) is 3.82. The summed E-state index contributed by atoms with van der Waals surface area (Å²) in [5.74, 6) is 0.433. The van der Waals surface area contributed by atoms with Gasteiger partial charge in [0.15, 0.2) is 0 Å². The molecule has 0 aliphatic carbocycles. The van der Waals surface area contributed by atoms with Crippen LogP contribution < -0.4 is 15.2 Å². The molecule has 100 valence electrons. The fraction of sp³-hybridized carbons (Fsp3) is 0.0833. The number of benzene rings is 1. The average Bonchev–Trinajstić information content (AvgIpc) is 2.39. The molecule has 2 aromatic rings. The van der Waals surface area contributed by atoms with Gasteiger partial charge in [-0.1, -0.05) is 0 Å². The van der Waals surface area contributed by atoms with Crippen LogP contribution in [0.5, 0.6) is 5.75 Å². The van der Waals surface area contributed by atoms with Crippen LogP contribution in [0.1, 0.15) is 0 Å². The summed E-state index contributed by atoms with van der Waals surface area (Å²) >= 11 is 0. The van der Waals surface area contributed by atoms with Gasteiger partial charge in [-0.25, -0.2) is 8.42 Å². The van der Waals surface area contributed by atoms with Crippen LogP contribution in [0.4, 0.5) is 11.4 Å². The first kappa shape index (κ1) is 13.2. The molecule has 0 saturated carbocycles. The van der Waals surface area contributed by atoms with Crippen LogP contribution in [0, 0.1) is 0 Å². The Hall–Kier alpha value is -2.28. The van der Waals surface area contributed by atoms with Crippen molar-refractivity contribution < 1.29 is 13.2 Å². The van der Waals surface area contributed by atoms with E-state index in [1.54, 1.807) is 12.1 Å². The van der Waals surface area contributed by atoms with E-state index < -0.39 is 10.0 Å². The minimum absolute atomic E-state index is 0.0719. The number of nitrogens with two attached hydrogens (primary N) is 1. The number of ether oxygens (including phenoxy) is 1. The van der Waals surface area contributed by atoms with E-state index >= 15 is 0 Å². The number of aromatic nitrogens is 1. The topological polar surface area (TPSA) is 94.3 Å². The summed E-state index contributed by atoms with van der Waals surface area (Å²) in [4.78, 5) is 3.89. The minimum atomic E-state index is -3.67. The maximum atomic E-state index is 12.1. The van der Waals surface area contributed by atoms with Gasteiger partial charge in [-0.2, -0.15) is 0 Å². The molecule has 0 radical (unpaired) electrons. The summed E-state index contributed by atoms with van der Waals surface area (Å²) in [6, 6.07) is 7.41. The molecule has 7 heteroatoms. The van der Waals surface area contributed by atoms with Crippen LogP contribution >= 0.6 is 0 Å². The third-order valence-electron chi connectivity index (χ3n) is 2.44. The molecule has 0 atom stereocenters. The number of hydrogen-bond donors (Lipinski definition) is 2. The van der Waals surface area contributed by atoms with Crippen LogP contribution in [-0.4, -0.2) is 20.5 Å². The molecule has 1 heterocycles. The van der Waals surface area contributed by atoms with Gasteiger partial charge in [-0.3, -0.25) is 9.71 Å². The maximum absolute atomic E-state index is 12.1. The number of anilines is 2. The Labute approximate surface area is 111 Å². The standard InChI is InChI=1S/C12H13N3O3S/c1-18-12-3-2-10(8-11(12)13)19(16,17)15-9-4-6-14-7-5-9/h2-8H,13H2,1H3,(H,14,15). The van der Waals surface area contributed by atoms with E-state index in [-0.39, 0.29) is 10.6 Å². The number of nitrogen functional groups attached to an aromatic ring is 1. The summed E-state index contributed by atoms with van der Waals surface area (Å²) in [5, 5.41) is 0. The second-order valence-corrected chi connectivity index (χ2v) is 5.43. The number of methoxy groups -OCH3 is 1. The normalized spacial score (nSPS) is 11.0. The molecule has 3 N–H and O–H groups in total. The van der Waals surface area contributed by atoms with Gasteiger partial charge in [0.1, 0.15) is 5.75 Å². The van der Waals surface area contributed by atoms with Gasteiger partial charge < -0.3 is 10.5 Å². The molecular formula is C12H13N3O3S. The molecular weight excluding hydrogens is 266 g/mol. The summed E-state index contributed by atoms with van der Waals surface area (Å²) < 4.78 is 31.7. The molecule has 0 aliphatic heterocycles. The zero-order valence-electron chi connectivity index (χ0n) is 10.2. The predicted molar refractivity (Wildman–Crippen MR) is 72.5 cm³/mol. The second kappa shape index (κ2) is 5.15. The van der Waals surface area contributed by atoms with Crippen molar-refractivity contribution in [2.75, 3.05) is 17.6 Å². The van der Waals surface area contributed by atoms with Gasteiger partial charge in [-0.05, 0) is 30.3 Å². The van der Waals surface area contributed by atoms with E-state index in [4.69, 9.17) is 10.5 Å².